The molecule has 1 aliphatic rings. The van der Waals surface area contributed by atoms with E-state index in [-0.39, 0.29) is 12.0 Å². The smallest absolute Gasteiger partial charge is 0.407 e. The average Bonchev–Trinajstić information content (AvgIpc) is 2.67. The van der Waals surface area contributed by atoms with Crippen molar-refractivity contribution in [1.82, 2.24) is 10.2 Å². The molecule has 0 aromatic heterocycles. The normalized spacial score (nSPS) is 19.3. The van der Waals surface area contributed by atoms with Crippen molar-refractivity contribution in [2.24, 2.45) is 5.92 Å². The van der Waals surface area contributed by atoms with E-state index in [0.29, 0.717) is 18.9 Å². The number of thiol groups is 1. The summed E-state index contributed by atoms with van der Waals surface area (Å²) in [5.41, 5.74) is -0.464. The van der Waals surface area contributed by atoms with Crippen LogP contribution in [0.15, 0.2) is 0 Å². The molecule has 0 aliphatic carbocycles. The second-order valence-corrected chi connectivity index (χ2v) is 6.59. The van der Waals surface area contributed by atoms with Crippen molar-refractivity contribution in [3.8, 4) is 0 Å². The zero-order chi connectivity index (χ0) is 15.2. The Bertz CT molecular complexity index is 342. The van der Waals surface area contributed by atoms with Crippen molar-refractivity contribution in [3.05, 3.63) is 0 Å². The zero-order valence-electron chi connectivity index (χ0n) is 12.6. The van der Waals surface area contributed by atoms with Gasteiger partial charge < -0.3 is 15.0 Å². The Kier molecular flexibility index (Phi) is 6.65. The van der Waals surface area contributed by atoms with Crippen LogP contribution in [-0.4, -0.2) is 47.9 Å². The first-order valence-corrected chi connectivity index (χ1v) is 7.80. The van der Waals surface area contributed by atoms with E-state index in [1.165, 1.54) is 0 Å². The monoisotopic (exact) mass is 302 g/mol. The lowest BCUT2D eigenvalue weighted by Gasteiger charge is -2.20. The Balaban J connectivity index is 2.08. The molecule has 0 aromatic carbocycles. The third kappa shape index (κ3) is 6.50. The predicted molar refractivity (Wildman–Crippen MR) is 82.0 cm³/mol. The molecular weight excluding hydrogens is 276 g/mol. The lowest BCUT2D eigenvalue weighted by Crippen LogP contribution is -2.33. The maximum Gasteiger partial charge on any atom is 0.407 e. The van der Waals surface area contributed by atoms with E-state index < -0.39 is 5.60 Å². The third-order valence-electron chi connectivity index (χ3n) is 3.08. The van der Waals surface area contributed by atoms with Gasteiger partial charge in [0.2, 0.25) is 5.91 Å². The summed E-state index contributed by atoms with van der Waals surface area (Å²) in [4.78, 5) is 25.0. The molecule has 1 unspecified atom stereocenters. The summed E-state index contributed by atoms with van der Waals surface area (Å²) < 4.78 is 5.14. The second-order valence-electron chi connectivity index (χ2n) is 6.23. The highest BCUT2D eigenvalue weighted by Gasteiger charge is 2.27. The van der Waals surface area contributed by atoms with E-state index in [1.54, 1.807) is 0 Å². The van der Waals surface area contributed by atoms with Gasteiger partial charge in [-0.25, -0.2) is 4.79 Å². The number of likely N-dealkylation sites (tertiary alicyclic amines) is 1. The van der Waals surface area contributed by atoms with Gasteiger partial charge in [0.05, 0.1) is 0 Å². The minimum Gasteiger partial charge on any atom is -0.444 e. The molecule has 0 bridgehead atoms. The van der Waals surface area contributed by atoms with Crippen molar-refractivity contribution in [1.29, 1.82) is 0 Å². The Morgan fingerprint density at radius 1 is 1.45 bits per heavy atom. The van der Waals surface area contributed by atoms with E-state index in [9.17, 15) is 9.59 Å². The summed E-state index contributed by atoms with van der Waals surface area (Å²) >= 11 is 4.24. The first kappa shape index (κ1) is 17.1. The quantitative estimate of drug-likeness (QED) is 0.583. The molecule has 1 rings (SSSR count). The standard InChI is InChI=1S/C14H26N2O3S/c1-14(2,3)19-13(18)15-6-4-5-7-16-9-11(10-20)8-12(16)17/h11,20H,4-10H2,1-3H3,(H,15,18). The number of hydrogen-bond acceptors (Lipinski definition) is 4. The number of nitrogens with zero attached hydrogens (tertiary/aromatic N) is 1. The minimum atomic E-state index is -0.464. The Labute approximate surface area is 126 Å². The van der Waals surface area contributed by atoms with Crippen molar-refractivity contribution in [3.63, 3.8) is 0 Å². The van der Waals surface area contributed by atoms with Crippen LogP contribution in [0.4, 0.5) is 4.79 Å². The van der Waals surface area contributed by atoms with Crippen molar-refractivity contribution >= 4 is 24.6 Å². The maximum absolute atomic E-state index is 11.7. The molecule has 0 saturated carbocycles. The molecule has 2 amide bonds. The van der Waals surface area contributed by atoms with Crippen LogP contribution in [0.25, 0.3) is 0 Å². The topological polar surface area (TPSA) is 58.6 Å². The van der Waals surface area contributed by atoms with E-state index in [0.717, 1.165) is 31.7 Å². The van der Waals surface area contributed by atoms with Gasteiger partial charge in [0.25, 0.3) is 0 Å². The molecule has 1 fully saturated rings. The first-order valence-electron chi connectivity index (χ1n) is 7.17. The van der Waals surface area contributed by atoms with Crippen LogP contribution in [0, 0.1) is 5.92 Å². The molecule has 1 aliphatic heterocycles. The summed E-state index contributed by atoms with van der Waals surface area (Å²) in [5, 5.41) is 2.72. The number of carbonyl (C=O) groups is 2. The number of hydrogen-bond donors (Lipinski definition) is 2. The molecule has 20 heavy (non-hydrogen) atoms. The first-order chi connectivity index (χ1) is 9.31. The number of nitrogens with one attached hydrogen (secondary N) is 1. The zero-order valence-corrected chi connectivity index (χ0v) is 13.5. The van der Waals surface area contributed by atoms with E-state index in [4.69, 9.17) is 4.74 Å². The number of ether oxygens (including phenoxy) is 1. The fraction of sp³-hybridized carbons (Fsp3) is 0.857. The molecule has 5 nitrogen and oxygen atoms in total. The second kappa shape index (κ2) is 7.76. The van der Waals surface area contributed by atoms with Crippen LogP contribution in [0.2, 0.25) is 0 Å². The third-order valence-corrected chi connectivity index (χ3v) is 3.59. The molecule has 0 spiro atoms. The Morgan fingerprint density at radius 2 is 2.15 bits per heavy atom. The van der Waals surface area contributed by atoms with Gasteiger partial charge in [0.1, 0.15) is 5.60 Å². The maximum atomic E-state index is 11.7. The highest BCUT2D eigenvalue weighted by molar-refractivity contribution is 7.80. The van der Waals surface area contributed by atoms with Crippen LogP contribution >= 0.6 is 12.6 Å². The van der Waals surface area contributed by atoms with Crippen molar-refractivity contribution in [2.75, 3.05) is 25.4 Å². The van der Waals surface area contributed by atoms with Crippen LogP contribution in [0.5, 0.6) is 0 Å². The van der Waals surface area contributed by atoms with Gasteiger partial charge in [-0.2, -0.15) is 12.6 Å². The molecule has 1 saturated heterocycles. The lowest BCUT2D eigenvalue weighted by atomic mass is 10.1. The van der Waals surface area contributed by atoms with Gasteiger partial charge in [-0.3, -0.25) is 4.79 Å². The summed E-state index contributed by atoms with van der Waals surface area (Å²) in [5.74, 6) is 1.39. The minimum absolute atomic E-state index is 0.226. The molecule has 6 heteroatoms. The van der Waals surface area contributed by atoms with E-state index in [1.807, 2.05) is 25.7 Å². The van der Waals surface area contributed by atoms with Crippen molar-refractivity contribution < 1.29 is 14.3 Å². The lowest BCUT2D eigenvalue weighted by molar-refractivity contribution is -0.127. The van der Waals surface area contributed by atoms with Crippen LogP contribution < -0.4 is 5.32 Å². The molecular formula is C14H26N2O3S. The summed E-state index contributed by atoms with van der Waals surface area (Å²) in [6, 6.07) is 0. The number of unbranched alkanes of at least 4 members (excludes halogenated alkanes) is 1. The van der Waals surface area contributed by atoms with Gasteiger partial charge in [-0.15, -0.1) is 0 Å². The fourth-order valence-corrected chi connectivity index (χ4v) is 2.37. The summed E-state index contributed by atoms with van der Waals surface area (Å²) in [6.07, 6.45) is 1.97. The van der Waals surface area contributed by atoms with Crippen LogP contribution in [0.3, 0.4) is 0 Å². The van der Waals surface area contributed by atoms with Gasteiger partial charge in [-0.1, -0.05) is 0 Å². The van der Waals surface area contributed by atoms with Gasteiger partial charge >= 0.3 is 6.09 Å². The highest BCUT2D eigenvalue weighted by atomic mass is 32.1. The largest absolute Gasteiger partial charge is 0.444 e. The molecule has 1 atom stereocenters. The molecule has 116 valence electrons. The predicted octanol–water partition coefficient (Wildman–Crippen LogP) is 2.07. The van der Waals surface area contributed by atoms with E-state index in [2.05, 4.69) is 17.9 Å². The summed E-state index contributed by atoms with van der Waals surface area (Å²) in [6.45, 7) is 7.67. The summed E-state index contributed by atoms with van der Waals surface area (Å²) in [7, 11) is 0. The number of alkyl carbamates (subject to hydrolysis) is 1. The highest BCUT2D eigenvalue weighted by Crippen LogP contribution is 2.18. The Morgan fingerprint density at radius 3 is 2.70 bits per heavy atom. The number of carbonyl (C=O) groups excluding carboxylic acids is 2. The average molecular weight is 302 g/mol. The number of amides is 2. The molecule has 0 radical (unpaired) electrons. The van der Waals surface area contributed by atoms with Crippen LogP contribution in [-0.2, 0) is 9.53 Å². The van der Waals surface area contributed by atoms with Gasteiger partial charge in [0, 0.05) is 26.1 Å². The van der Waals surface area contributed by atoms with Crippen molar-refractivity contribution in [2.45, 2.75) is 45.6 Å². The molecule has 1 N–H and O–H groups in total. The molecule has 0 aromatic rings. The van der Waals surface area contributed by atoms with Gasteiger partial charge in [0.15, 0.2) is 0 Å². The van der Waals surface area contributed by atoms with Gasteiger partial charge in [-0.05, 0) is 45.3 Å². The molecule has 1 heterocycles. The van der Waals surface area contributed by atoms with E-state index >= 15 is 0 Å². The fourth-order valence-electron chi connectivity index (χ4n) is 2.12. The SMILES string of the molecule is CC(C)(C)OC(=O)NCCCCN1CC(CS)CC1=O. The Hall–Kier alpha value is -0.910. The number of rotatable bonds is 6. The van der Waals surface area contributed by atoms with Crippen LogP contribution in [0.1, 0.15) is 40.0 Å².